The Labute approximate surface area is 120 Å². The van der Waals surface area contributed by atoms with Crippen LogP contribution >= 0.6 is 0 Å². The van der Waals surface area contributed by atoms with Crippen LogP contribution in [-0.2, 0) is 12.6 Å². The normalized spacial score (nSPS) is 11.4. The van der Waals surface area contributed by atoms with Gasteiger partial charge in [0, 0.05) is 31.9 Å². The van der Waals surface area contributed by atoms with Gasteiger partial charge in [-0.05, 0) is 24.3 Å². The lowest BCUT2D eigenvalue weighted by Gasteiger charge is -2.19. The van der Waals surface area contributed by atoms with Crippen molar-refractivity contribution in [3.63, 3.8) is 0 Å². The van der Waals surface area contributed by atoms with Crippen molar-refractivity contribution < 1.29 is 13.2 Å². The average molecular weight is 296 g/mol. The first-order chi connectivity index (χ1) is 9.86. The van der Waals surface area contributed by atoms with Gasteiger partial charge in [-0.2, -0.15) is 13.2 Å². The fraction of sp³-hybridized carbons (Fsp3) is 0.286. The number of pyridine rings is 2. The number of aromatic nitrogens is 2. The lowest BCUT2D eigenvalue weighted by molar-refractivity contribution is -0.137. The summed E-state index contributed by atoms with van der Waals surface area (Å²) < 4.78 is 38.3. The van der Waals surface area contributed by atoms with Crippen LogP contribution in [0.5, 0.6) is 0 Å². The Hall–Kier alpha value is -2.31. The van der Waals surface area contributed by atoms with Gasteiger partial charge in [0.25, 0.3) is 0 Å². The van der Waals surface area contributed by atoms with Gasteiger partial charge in [0.1, 0.15) is 11.6 Å². The van der Waals surface area contributed by atoms with Crippen LogP contribution in [0.3, 0.4) is 0 Å². The van der Waals surface area contributed by atoms with Crippen LogP contribution < -0.4 is 10.6 Å². The van der Waals surface area contributed by atoms with Crippen LogP contribution in [0.4, 0.5) is 24.8 Å². The quantitative estimate of drug-likeness (QED) is 0.942. The van der Waals surface area contributed by atoms with Crippen molar-refractivity contribution in [2.24, 2.45) is 0 Å². The molecule has 4 nitrogen and oxygen atoms in total. The van der Waals surface area contributed by atoms with E-state index in [-0.39, 0.29) is 11.6 Å². The second-order valence-corrected chi connectivity index (χ2v) is 4.63. The molecule has 2 aromatic heterocycles. The van der Waals surface area contributed by atoms with E-state index in [4.69, 9.17) is 5.73 Å². The van der Waals surface area contributed by atoms with E-state index in [0.717, 1.165) is 17.8 Å². The molecule has 0 spiro atoms. The Balaban J connectivity index is 2.12. The minimum atomic E-state index is -4.44. The molecule has 0 fully saturated rings. The highest BCUT2D eigenvalue weighted by Crippen LogP contribution is 2.32. The molecule has 0 radical (unpaired) electrons. The largest absolute Gasteiger partial charge is 0.416 e. The zero-order chi connectivity index (χ0) is 15.5. The maximum Gasteiger partial charge on any atom is 0.416 e. The van der Waals surface area contributed by atoms with Crippen molar-refractivity contribution in [3.8, 4) is 0 Å². The first-order valence-electron chi connectivity index (χ1n) is 6.32. The van der Waals surface area contributed by atoms with Crippen LogP contribution in [0.1, 0.15) is 11.3 Å². The average Bonchev–Trinajstić information content (AvgIpc) is 2.44. The first-order valence-corrected chi connectivity index (χ1v) is 6.32. The predicted octanol–water partition coefficient (Wildman–Crippen LogP) is 2.76. The molecule has 2 rings (SSSR count). The summed E-state index contributed by atoms with van der Waals surface area (Å²) in [4.78, 5) is 9.74. The smallest absolute Gasteiger partial charge is 0.384 e. The molecular weight excluding hydrogens is 281 g/mol. The summed E-state index contributed by atoms with van der Waals surface area (Å²) >= 11 is 0. The second kappa shape index (κ2) is 5.99. The van der Waals surface area contributed by atoms with Crippen LogP contribution in [0, 0.1) is 0 Å². The second-order valence-electron chi connectivity index (χ2n) is 4.63. The van der Waals surface area contributed by atoms with Crippen LogP contribution in [0.2, 0.25) is 0 Å². The fourth-order valence-corrected chi connectivity index (χ4v) is 1.84. The molecule has 0 aromatic carbocycles. The molecule has 112 valence electrons. The molecule has 2 N–H and O–H groups in total. The van der Waals surface area contributed by atoms with Crippen LogP contribution in [0.25, 0.3) is 0 Å². The number of nitrogens with zero attached hydrogens (tertiary/aromatic N) is 3. The summed E-state index contributed by atoms with van der Waals surface area (Å²) in [5.41, 5.74) is 5.52. The minimum Gasteiger partial charge on any atom is -0.384 e. The van der Waals surface area contributed by atoms with Gasteiger partial charge in [-0.1, -0.05) is 6.07 Å². The summed E-state index contributed by atoms with van der Waals surface area (Å²) in [6.07, 6.45) is -2.15. The zero-order valence-electron chi connectivity index (χ0n) is 11.4. The summed E-state index contributed by atoms with van der Waals surface area (Å²) in [6, 6.07) is 7.36. The van der Waals surface area contributed by atoms with E-state index < -0.39 is 11.7 Å². The maximum atomic E-state index is 12.8. The predicted molar refractivity (Wildman–Crippen MR) is 74.9 cm³/mol. The molecule has 2 heterocycles. The van der Waals surface area contributed by atoms with Crippen molar-refractivity contribution in [2.75, 3.05) is 24.2 Å². The third kappa shape index (κ3) is 4.08. The Morgan fingerprint density at radius 2 is 2.00 bits per heavy atom. The highest BCUT2D eigenvalue weighted by molar-refractivity contribution is 5.48. The molecule has 0 atom stereocenters. The van der Waals surface area contributed by atoms with Crippen molar-refractivity contribution in [3.05, 3.63) is 47.8 Å². The number of hydrogen-bond acceptors (Lipinski definition) is 4. The molecule has 2 aromatic rings. The highest BCUT2D eigenvalue weighted by atomic mass is 19.4. The third-order valence-corrected chi connectivity index (χ3v) is 2.98. The van der Waals surface area contributed by atoms with E-state index >= 15 is 0 Å². The molecule has 0 aliphatic heterocycles. The number of halogens is 3. The molecule has 7 heteroatoms. The SMILES string of the molecule is CN(CCc1ccccn1)c1cc(C(F)(F)F)cc(N)n1. The number of likely N-dealkylation sites (N-methyl/N-ethyl adjacent to an activating group) is 1. The van der Waals surface area contributed by atoms with E-state index in [1.54, 1.807) is 18.1 Å². The van der Waals surface area contributed by atoms with Gasteiger partial charge in [0.05, 0.1) is 5.56 Å². The standard InChI is InChI=1S/C14H15F3N4/c1-21(7-5-11-4-2-3-6-19-11)13-9-10(14(15,16)17)8-12(18)20-13/h2-4,6,8-9H,5,7H2,1H3,(H2,18,20). The summed E-state index contributed by atoms with van der Waals surface area (Å²) in [5, 5.41) is 0. The Morgan fingerprint density at radius 3 is 2.62 bits per heavy atom. The van der Waals surface area contributed by atoms with Crippen molar-refractivity contribution in [2.45, 2.75) is 12.6 Å². The van der Waals surface area contributed by atoms with Crippen LogP contribution in [0.15, 0.2) is 36.5 Å². The number of nitrogens with two attached hydrogens (primary N) is 1. The number of nitrogen functional groups attached to an aromatic ring is 1. The van der Waals surface area contributed by atoms with Crippen LogP contribution in [-0.4, -0.2) is 23.6 Å². The number of rotatable bonds is 4. The first kappa shape index (κ1) is 15.1. The molecule has 0 saturated carbocycles. The fourth-order valence-electron chi connectivity index (χ4n) is 1.84. The lowest BCUT2D eigenvalue weighted by atomic mass is 10.2. The summed E-state index contributed by atoms with van der Waals surface area (Å²) in [7, 11) is 1.67. The molecule has 0 bridgehead atoms. The van der Waals surface area contributed by atoms with Gasteiger partial charge < -0.3 is 10.6 Å². The Morgan fingerprint density at radius 1 is 1.24 bits per heavy atom. The molecule has 0 aliphatic carbocycles. The number of alkyl halides is 3. The molecule has 0 saturated heterocycles. The third-order valence-electron chi connectivity index (χ3n) is 2.98. The van der Waals surface area contributed by atoms with Crippen molar-refractivity contribution in [1.29, 1.82) is 0 Å². The molecule has 0 unspecified atom stereocenters. The monoisotopic (exact) mass is 296 g/mol. The number of anilines is 2. The van der Waals surface area contributed by atoms with E-state index in [2.05, 4.69) is 9.97 Å². The topological polar surface area (TPSA) is 55.0 Å². The van der Waals surface area contributed by atoms with Gasteiger partial charge in [-0.15, -0.1) is 0 Å². The summed E-state index contributed by atoms with van der Waals surface area (Å²) in [5.74, 6) is 0.0442. The molecule has 0 aliphatic rings. The van der Waals surface area contributed by atoms with Gasteiger partial charge in [-0.3, -0.25) is 4.98 Å². The molecule has 0 amide bonds. The van der Waals surface area contributed by atoms with E-state index in [1.807, 2.05) is 18.2 Å². The van der Waals surface area contributed by atoms with E-state index in [9.17, 15) is 13.2 Å². The maximum absolute atomic E-state index is 12.8. The Kier molecular flexibility index (Phi) is 4.30. The highest BCUT2D eigenvalue weighted by Gasteiger charge is 2.31. The van der Waals surface area contributed by atoms with Gasteiger partial charge in [-0.25, -0.2) is 4.98 Å². The minimum absolute atomic E-state index is 0.149. The zero-order valence-corrected chi connectivity index (χ0v) is 11.4. The molecular formula is C14H15F3N4. The van der Waals surface area contributed by atoms with E-state index in [0.29, 0.717) is 13.0 Å². The van der Waals surface area contributed by atoms with Crippen molar-refractivity contribution >= 4 is 11.6 Å². The Bertz CT molecular complexity index is 599. The van der Waals surface area contributed by atoms with Gasteiger partial charge in [0.2, 0.25) is 0 Å². The summed E-state index contributed by atoms with van der Waals surface area (Å²) in [6.45, 7) is 0.491. The molecule has 21 heavy (non-hydrogen) atoms. The van der Waals surface area contributed by atoms with Gasteiger partial charge >= 0.3 is 6.18 Å². The van der Waals surface area contributed by atoms with Crippen molar-refractivity contribution in [1.82, 2.24) is 9.97 Å². The lowest BCUT2D eigenvalue weighted by Crippen LogP contribution is -2.23. The number of hydrogen-bond donors (Lipinski definition) is 1. The van der Waals surface area contributed by atoms with Gasteiger partial charge in [0.15, 0.2) is 0 Å². The van der Waals surface area contributed by atoms with E-state index in [1.165, 1.54) is 0 Å².